The van der Waals surface area contributed by atoms with Crippen molar-refractivity contribution in [2.45, 2.75) is 6.42 Å². The molecule has 3 aromatic rings. The summed E-state index contributed by atoms with van der Waals surface area (Å²) in [5.74, 6) is -0.846. The Morgan fingerprint density at radius 1 is 0.800 bits per heavy atom. The van der Waals surface area contributed by atoms with Gasteiger partial charge in [-0.05, 0) is 39.2 Å². The zero-order chi connectivity index (χ0) is 25.0. The first kappa shape index (κ1) is 27.7. The van der Waals surface area contributed by atoms with Gasteiger partial charge in [-0.25, -0.2) is 0 Å². The van der Waals surface area contributed by atoms with E-state index in [9.17, 15) is 14.4 Å². The van der Waals surface area contributed by atoms with Crippen LogP contribution in [0.25, 0.3) is 0 Å². The van der Waals surface area contributed by atoms with E-state index in [1.165, 1.54) is 0 Å². The standard InChI is InChI=1S/C23H32N8O3.ClH/c1-28(2)8-6-7-25-21(32)19-10-16(13-30(19)4)27-23(34)20-11-17(14-31(20)5)26-22(33)18-9-15(24)12-29(18)3;/h9-14H,6-8,24H2,1-5H3,(H,25,32)(H,26,33)(H,27,34);1H. The van der Waals surface area contributed by atoms with Gasteiger partial charge in [0, 0.05) is 46.1 Å². The van der Waals surface area contributed by atoms with Crippen LogP contribution in [0.5, 0.6) is 0 Å². The van der Waals surface area contributed by atoms with Gasteiger partial charge in [0.25, 0.3) is 17.7 Å². The maximum atomic E-state index is 12.9. The van der Waals surface area contributed by atoms with Crippen LogP contribution in [0, 0.1) is 0 Å². The highest BCUT2D eigenvalue weighted by Crippen LogP contribution is 2.18. The number of quaternary nitrogens is 1. The lowest BCUT2D eigenvalue weighted by Crippen LogP contribution is -3.00. The van der Waals surface area contributed by atoms with Crippen molar-refractivity contribution in [3.8, 4) is 0 Å². The van der Waals surface area contributed by atoms with Gasteiger partial charge in [-0.15, -0.1) is 0 Å². The van der Waals surface area contributed by atoms with Crippen LogP contribution in [-0.4, -0.2) is 63.5 Å². The van der Waals surface area contributed by atoms with E-state index in [1.54, 1.807) is 71.6 Å². The second-order valence-electron chi connectivity index (χ2n) is 8.62. The maximum Gasteiger partial charge on any atom is 0.272 e. The van der Waals surface area contributed by atoms with Crippen LogP contribution in [0.15, 0.2) is 36.8 Å². The summed E-state index contributed by atoms with van der Waals surface area (Å²) in [5.41, 5.74) is 6.85. The molecule has 0 fully saturated rings. The fraction of sp³-hybridized carbons (Fsp3) is 0.348. The number of nitrogens with one attached hydrogen (secondary N) is 3. The molecule has 12 heteroatoms. The summed E-state index contributed by atoms with van der Waals surface area (Å²) in [6.07, 6.45) is 5.96. The molecule has 0 atom stereocenters. The summed E-state index contributed by atoms with van der Waals surface area (Å²) < 4.78 is 4.99. The number of aromatic nitrogens is 3. The summed E-state index contributed by atoms with van der Waals surface area (Å²) in [5, 5.41) is 8.51. The Morgan fingerprint density at radius 3 is 1.71 bits per heavy atom. The number of anilines is 2. The van der Waals surface area contributed by atoms with Gasteiger partial charge in [0.2, 0.25) is 0 Å². The molecule has 0 unspecified atom stereocenters. The van der Waals surface area contributed by atoms with Gasteiger partial charge >= 0.3 is 0 Å². The largest absolute Gasteiger partial charge is 1.00 e. The number of hydrogen-bond donors (Lipinski definition) is 4. The number of aryl methyl sites for hydroxylation is 3. The fourth-order valence-corrected chi connectivity index (χ4v) is 3.65. The lowest BCUT2D eigenvalue weighted by molar-refractivity contribution is -0.254. The number of carbonyl (C=O) groups is 3. The number of halogens is 1. The number of amides is 3. The molecule has 190 valence electrons. The summed E-state index contributed by atoms with van der Waals surface area (Å²) in [4.78, 5) is 39.9. The Bertz CT molecular complexity index is 1210. The number of rotatable bonds is 9. The van der Waals surface area contributed by atoms with Gasteiger partial charge in [0.05, 0.1) is 17.6 Å². The molecule has 3 aromatic heterocycles. The lowest BCUT2D eigenvalue weighted by Gasteiger charge is -2.10. The van der Waals surface area contributed by atoms with Crippen LogP contribution in [-0.2, 0) is 21.1 Å². The van der Waals surface area contributed by atoms with Crippen LogP contribution in [0.2, 0.25) is 0 Å². The summed E-state index contributed by atoms with van der Waals surface area (Å²) in [6.45, 7) is 1.45. The summed E-state index contributed by atoms with van der Waals surface area (Å²) in [6, 6.07) is 4.93. The van der Waals surface area contributed by atoms with E-state index in [1.807, 2.05) is 14.1 Å². The molecule has 0 spiro atoms. The SMILES string of the molecule is CN(C)CCCNC(=O)c1cc(NC(=O)c2cc(NC(=O)c3cc([NH3+])cn3C)cn2C)cn1C.[Cl-]. The highest BCUT2D eigenvalue weighted by Gasteiger charge is 2.18. The van der Waals surface area contributed by atoms with E-state index in [-0.39, 0.29) is 30.1 Å². The molecule has 0 bridgehead atoms. The quantitative estimate of drug-likeness (QED) is 0.245. The lowest BCUT2D eigenvalue weighted by atomic mass is 10.3. The van der Waals surface area contributed by atoms with E-state index in [0.29, 0.717) is 35.0 Å². The second-order valence-corrected chi connectivity index (χ2v) is 8.62. The Hall–Kier alpha value is -3.54. The van der Waals surface area contributed by atoms with Gasteiger partial charge in [-0.3, -0.25) is 14.4 Å². The molecule has 35 heavy (non-hydrogen) atoms. The van der Waals surface area contributed by atoms with Crippen LogP contribution >= 0.6 is 0 Å². The fourth-order valence-electron chi connectivity index (χ4n) is 3.65. The maximum absolute atomic E-state index is 12.9. The topological polar surface area (TPSA) is 133 Å². The van der Waals surface area contributed by atoms with Crippen molar-refractivity contribution in [3.63, 3.8) is 0 Å². The molecule has 0 aromatic carbocycles. The summed E-state index contributed by atoms with van der Waals surface area (Å²) >= 11 is 0. The predicted molar refractivity (Wildman–Crippen MR) is 130 cm³/mol. The zero-order valence-corrected chi connectivity index (χ0v) is 21.4. The molecular formula is C23H33ClN8O3. The van der Waals surface area contributed by atoms with E-state index in [0.717, 1.165) is 18.7 Å². The normalized spacial score (nSPS) is 10.7. The molecule has 11 nitrogen and oxygen atoms in total. The number of carbonyl (C=O) groups excluding carboxylic acids is 3. The van der Waals surface area contributed by atoms with Crippen LogP contribution < -0.4 is 34.1 Å². The van der Waals surface area contributed by atoms with Crippen molar-refractivity contribution < 1.29 is 32.5 Å². The Morgan fingerprint density at radius 2 is 1.26 bits per heavy atom. The first-order chi connectivity index (χ1) is 16.0. The van der Waals surface area contributed by atoms with Crippen LogP contribution in [0.4, 0.5) is 17.1 Å². The average Bonchev–Trinajstić information content (AvgIpc) is 3.41. The third kappa shape index (κ3) is 6.98. The van der Waals surface area contributed by atoms with Crippen molar-refractivity contribution in [1.82, 2.24) is 23.9 Å². The van der Waals surface area contributed by atoms with Gasteiger partial charge in [0.1, 0.15) is 22.8 Å². The monoisotopic (exact) mass is 504 g/mol. The molecule has 0 aliphatic heterocycles. The van der Waals surface area contributed by atoms with Crippen molar-refractivity contribution in [2.75, 3.05) is 37.8 Å². The number of nitrogens with zero attached hydrogens (tertiary/aromatic N) is 4. The van der Waals surface area contributed by atoms with Gasteiger partial charge < -0.3 is 52.7 Å². The molecule has 0 aliphatic carbocycles. The minimum absolute atomic E-state index is 0. The molecule has 0 saturated heterocycles. The molecule has 0 aliphatic rings. The first-order valence-electron chi connectivity index (χ1n) is 10.9. The minimum Gasteiger partial charge on any atom is -1.00 e. The zero-order valence-electron chi connectivity index (χ0n) is 20.7. The van der Waals surface area contributed by atoms with Crippen molar-refractivity contribution in [1.29, 1.82) is 0 Å². The smallest absolute Gasteiger partial charge is 0.272 e. The second kappa shape index (κ2) is 11.7. The molecule has 3 amide bonds. The molecule has 0 radical (unpaired) electrons. The highest BCUT2D eigenvalue weighted by atomic mass is 35.5. The van der Waals surface area contributed by atoms with E-state index >= 15 is 0 Å². The molecule has 6 N–H and O–H groups in total. The highest BCUT2D eigenvalue weighted by molar-refractivity contribution is 6.07. The van der Waals surface area contributed by atoms with Crippen LogP contribution in [0.1, 0.15) is 37.9 Å². The van der Waals surface area contributed by atoms with Crippen molar-refractivity contribution in [2.24, 2.45) is 21.1 Å². The third-order valence-corrected chi connectivity index (χ3v) is 5.35. The van der Waals surface area contributed by atoms with Gasteiger partial charge in [-0.2, -0.15) is 0 Å². The molecule has 3 heterocycles. The van der Waals surface area contributed by atoms with Crippen molar-refractivity contribution >= 4 is 34.8 Å². The summed E-state index contributed by atoms with van der Waals surface area (Å²) in [7, 11) is 9.21. The van der Waals surface area contributed by atoms with Crippen LogP contribution in [0.3, 0.4) is 0 Å². The Kier molecular flexibility index (Phi) is 9.29. The minimum atomic E-state index is -0.356. The van der Waals surface area contributed by atoms with E-state index < -0.39 is 0 Å². The van der Waals surface area contributed by atoms with Crippen molar-refractivity contribution in [3.05, 3.63) is 53.9 Å². The molecule has 0 saturated carbocycles. The first-order valence-corrected chi connectivity index (χ1v) is 10.9. The van der Waals surface area contributed by atoms with Gasteiger partial charge in [-0.1, -0.05) is 0 Å². The third-order valence-electron chi connectivity index (χ3n) is 5.35. The molecular weight excluding hydrogens is 472 g/mol. The van der Waals surface area contributed by atoms with E-state index in [2.05, 4.69) is 26.6 Å². The Balaban J connectivity index is 0.00000432. The average molecular weight is 505 g/mol. The molecule has 3 rings (SSSR count). The predicted octanol–water partition coefficient (Wildman–Crippen LogP) is -2.23. The van der Waals surface area contributed by atoms with Gasteiger partial charge in [0.15, 0.2) is 0 Å². The Labute approximate surface area is 210 Å². The number of hydrogen-bond acceptors (Lipinski definition) is 4. The van der Waals surface area contributed by atoms with E-state index in [4.69, 9.17) is 0 Å².